The molecule has 1 aromatic carbocycles. The van der Waals surface area contributed by atoms with Crippen LogP contribution in [-0.4, -0.2) is 33.5 Å². The van der Waals surface area contributed by atoms with Crippen LogP contribution in [-0.2, 0) is 4.79 Å². The zero-order chi connectivity index (χ0) is 14.2. The normalized spacial score (nSPS) is 18.7. The molecule has 9 heteroatoms. The molecule has 0 saturated carbocycles. The molecule has 19 heavy (non-hydrogen) atoms. The van der Waals surface area contributed by atoms with Gasteiger partial charge in [0.1, 0.15) is 0 Å². The second kappa shape index (κ2) is 4.61. The molecule has 1 saturated heterocycles. The van der Waals surface area contributed by atoms with Crippen LogP contribution in [0.3, 0.4) is 0 Å². The number of benzene rings is 1. The number of rotatable bonds is 3. The van der Waals surface area contributed by atoms with E-state index in [4.69, 9.17) is 0 Å². The Morgan fingerprint density at radius 2 is 1.74 bits per heavy atom. The van der Waals surface area contributed by atoms with Gasteiger partial charge in [-0.2, -0.15) is 0 Å². The van der Waals surface area contributed by atoms with Gasteiger partial charge in [0.05, 0.1) is 28.9 Å². The molecule has 1 aliphatic heterocycles. The predicted molar refractivity (Wildman–Crippen MR) is 62.7 cm³/mol. The Morgan fingerprint density at radius 1 is 1.21 bits per heavy atom. The standard InChI is InChI=1S/C10H9N3O6/c14-6-4-9(15)11(5-6)10-7(12(16)17)2-1-3-8(10)13(18)19/h1-3,6,14H,4-5H2. The van der Waals surface area contributed by atoms with Crippen molar-refractivity contribution in [3.8, 4) is 0 Å². The van der Waals surface area contributed by atoms with Gasteiger partial charge >= 0.3 is 0 Å². The molecule has 1 fully saturated rings. The highest BCUT2D eigenvalue weighted by atomic mass is 16.6. The summed E-state index contributed by atoms with van der Waals surface area (Å²) in [6, 6.07) is 3.34. The molecule has 100 valence electrons. The Morgan fingerprint density at radius 3 is 2.11 bits per heavy atom. The lowest BCUT2D eigenvalue weighted by atomic mass is 10.2. The van der Waals surface area contributed by atoms with Crippen LogP contribution in [0.2, 0.25) is 0 Å². The third kappa shape index (κ3) is 2.22. The average Bonchev–Trinajstić information content (AvgIpc) is 2.67. The first-order valence-electron chi connectivity index (χ1n) is 5.32. The lowest BCUT2D eigenvalue weighted by Crippen LogP contribution is -2.27. The number of hydrogen-bond donors (Lipinski definition) is 1. The molecule has 0 radical (unpaired) electrons. The minimum Gasteiger partial charge on any atom is -0.391 e. The van der Waals surface area contributed by atoms with Gasteiger partial charge in [-0.3, -0.25) is 29.9 Å². The van der Waals surface area contributed by atoms with E-state index in [0.29, 0.717) is 0 Å². The van der Waals surface area contributed by atoms with Gasteiger partial charge < -0.3 is 5.11 Å². The number of β-amino-alcohol motifs (C(OH)–C–C–N with tert-alkyl or cyclic N) is 1. The molecule has 0 spiro atoms. The molecule has 0 aliphatic carbocycles. The number of nitro benzene ring substituents is 2. The molecule has 2 rings (SSSR count). The van der Waals surface area contributed by atoms with Gasteiger partial charge in [-0.15, -0.1) is 0 Å². The third-order valence-corrected chi connectivity index (χ3v) is 2.76. The maximum absolute atomic E-state index is 11.7. The number of para-hydroxylation sites is 1. The summed E-state index contributed by atoms with van der Waals surface area (Å²) in [5.41, 5.74) is -1.44. The quantitative estimate of drug-likeness (QED) is 0.631. The molecular formula is C10H9N3O6. The number of amides is 1. The third-order valence-electron chi connectivity index (χ3n) is 2.76. The van der Waals surface area contributed by atoms with Gasteiger partial charge in [0.15, 0.2) is 0 Å². The van der Waals surface area contributed by atoms with E-state index in [9.17, 15) is 30.1 Å². The van der Waals surface area contributed by atoms with E-state index in [1.165, 1.54) is 6.07 Å². The Hall–Kier alpha value is -2.55. The molecule has 0 bridgehead atoms. The highest BCUT2D eigenvalue weighted by Crippen LogP contribution is 2.39. The van der Waals surface area contributed by atoms with Crippen LogP contribution in [0, 0.1) is 20.2 Å². The lowest BCUT2D eigenvalue weighted by Gasteiger charge is -2.15. The topological polar surface area (TPSA) is 127 Å². The largest absolute Gasteiger partial charge is 0.391 e. The van der Waals surface area contributed by atoms with Crippen LogP contribution in [0.25, 0.3) is 0 Å². The van der Waals surface area contributed by atoms with Gasteiger partial charge in [0, 0.05) is 12.1 Å². The van der Waals surface area contributed by atoms with Crippen molar-refractivity contribution in [3.05, 3.63) is 38.4 Å². The van der Waals surface area contributed by atoms with E-state index in [0.717, 1.165) is 17.0 Å². The smallest absolute Gasteiger partial charge is 0.300 e. The second-order valence-corrected chi connectivity index (χ2v) is 4.02. The Balaban J connectivity index is 2.62. The van der Waals surface area contributed by atoms with E-state index < -0.39 is 33.2 Å². The fourth-order valence-corrected chi connectivity index (χ4v) is 2.00. The van der Waals surface area contributed by atoms with E-state index in [1.54, 1.807) is 0 Å². The second-order valence-electron chi connectivity index (χ2n) is 4.02. The first-order valence-corrected chi connectivity index (χ1v) is 5.32. The Bertz CT molecular complexity index is 540. The van der Waals surface area contributed by atoms with Crippen molar-refractivity contribution in [2.75, 3.05) is 11.4 Å². The van der Waals surface area contributed by atoms with Crippen molar-refractivity contribution in [2.45, 2.75) is 12.5 Å². The molecule has 9 nitrogen and oxygen atoms in total. The van der Waals surface area contributed by atoms with Crippen LogP contribution in [0.15, 0.2) is 18.2 Å². The van der Waals surface area contributed by atoms with Crippen LogP contribution in [0.1, 0.15) is 6.42 Å². The first-order chi connectivity index (χ1) is 8.91. The van der Waals surface area contributed by atoms with Crippen LogP contribution in [0.5, 0.6) is 0 Å². The number of anilines is 1. The Kier molecular flexibility index (Phi) is 3.13. The number of carbonyl (C=O) groups is 1. The van der Waals surface area contributed by atoms with Crippen molar-refractivity contribution in [1.82, 2.24) is 0 Å². The predicted octanol–water partition coefficient (Wildman–Crippen LogP) is 0.601. The molecular weight excluding hydrogens is 258 g/mol. The molecule has 0 aromatic heterocycles. The van der Waals surface area contributed by atoms with Gasteiger partial charge in [0.25, 0.3) is 11.4 Å². The number of aliphatic hydroxyl groups is 1. The monoisotopic (exact) mass is 267 g/mol. The summed E-state index contributed by atoms with van der Waals surface area (Å²) in [7, 11) is 0. The molecule has 1 atom stereocenters. The van der Waals surface area contributed by atoms with Crippen LogP contribution < -0.4 is 4.90 Å². The summed E-state index contributed by atoms with van der Waals surface area (Å²) in [6.45, 7) is -0.190. The van der Waals surface area contributed by atoms with Crippen molar-refractivity contribution in [2.24, 2.45) is 0 Å². The molecule has 1 aliphatic rings. The number of hydrogen-bond acceptors (Lipinski definition) is 6. The summed E-state index contributed by atoms with van der Waals surface area (Å²) in [4.78, 5) is 32.8. The van der Waals surface area contributed by atoms with E-state index in [-0.39, 0.29) is 18.7 Å². The van der Waals surface area contributed by atoms with Gasteiger partial charge in [-0.1, -0.05) is 0 Å². The first kappa shape index (κ1) is 12.9. The molecule has 1 aromatic rings. The van der Waals surface area contributed by atoms with E-state index in [2.05, 4.69) is 0 Å². The highest BCUT2D eigenvalue weighted by molar-refractivity contribution is 6.00. The summed E-state index contributed by atoms with van der Waals surface area (Å²) in [5, 5.41) is 31.2. The molecule has 1 N–H and O–H groups in total. The zero-order valence-electron chi connectivity index (χ0n) is 9.55. The van der Waals surface area contributed by atoms with E-state index >= 15 is 0 Å². The summed E-state index contributed by atoms with van der Waals surface area (Å²) in [6.07, 6.45) is -1.18. The zero-order valence-corrected chi connectivity index (χ0v) is 9.55. The number of nitro groups is 2. The maximum Gasteiger partial charge on any atom is 0.300 e. The lowest BCUT2D eigenvalue weighted by molar-refractivity contribution is -0.392. The summed E-state index contributed by atoms with van der Waals surface area (Å²) >= 11 is 0. The molecule has 1 amide bonds. The summed E-state index contributed by atoms with van der Waals surface area (Å²) in [5.74, 6) is -0.579. The van der Waals surface area contributed by atoms with Crippen molar-refractivity contribution < 1.29 is 19.7 Å². The van der Waals surface area contributed by atoms with E-state index in [1.807, 2.05) is 0 Å². The van der Waals surface area contributed by atoms with Crippen LogP contribution >= 0.6 is 0 Å². The van der Waals surface area contributed by atoms with Gasteiger partial charge in [-0.25, -0.2) is 0 Å². The van der Waals surface area contributed by atoms with Gasteiger partial charge in [-0.05, 0) is 6.07 Å². The number of carbonyl (C=O) groups excluding carboxylic acids is 1. The summed E-state index contributed by atoms with van der Waals surface area (Å²) < 4.78 is 0. The fraction of sp³-hybridized carbons (Fsp3) is 0.300. The number of nitrogens with zero attached hydrogens (tertiary/aromatic N) is 3. The average molecular weight is 267 g/mol. The van der Waals surface area contributed by atoms with Crippen molar-refractivity contribution in [1.29, 1.82) is 0 Å². The number of aliphatic hydroxyl groups excluding tert-OH is 1. The van der Waals surface area contributed by atoms with Crippen molar-refractivity contribution in [3.63, 3.8) is 0 Å². The van der Waals surface area contributed by atoms with Crippen molar-refractivity contribution >= 4 is 23.0 Å². The molecule has 1 unspecified atom stereocenters. The maximum atomic E-state index is 11.7. The van der Waals surface area contributed by atoms with Crippen LogP contribution in [0.4, 0.5) is 17.1 Å². The SMILES string of the molecule is O=C1CC(O)CN1c1c([N+](=O)[O-])cccc1[N+](=O)[O-]. The molecule has 1 heterocycles. The fourth-order valence-electron chi connectivity index (χ4n) is 2.00. The Labute approximate surface area is 106 Å². The van der Waals surface area contributed by atoms with Gasteiger partial charge in [0.2, 0.25) is 11.6 Å². The highest BCUT2D eigenvalue weighted by Gasteiger charge is 2.38. The minimum atomic E-state index is -0.980. The minimum absolute atomic E-state index is 0.190.